The van der Waals surface area contributed by atoms with Crippen molar-refractivity contribution in [2.75, 3.05) is 12.8 Å². The summed E-state index contributed by atoms with van der Waals surface area (Å²) in [5.41, 5.74) is 12.3. The van der Waals surface area contributed by atoms with Gasteiger partial charge >= 0.3 is 0 Å². The van der Waals surface area contributed by atoms with Gasteiger partial charge in [0.2, 0.25) is 0 Å². The van der Waals surface area contributed by atoms with E-state index in [0.29, 0.717) is 12.1 Å². The van der Waals surface area contributed by atoms with Crippen LogP contribution < -0.4 is 10.5 Å². The second-order valence-corrected chi connectivity index (χ2v) is 5.89. The fourth-order valence-electron chi connectivity index (χ4n) is 2.89. The highest BCUT2D eigenvalue weighted by Gasteiger charge is 2.14. The average molecular weight is 321 g/mol. The molecule has 0 spiro atoms. The second kappa shape index (κ2) is 6.75. The van der Waals surface area contributed by atoms with Crippen LogP contribution in [0.1, 0.15) is 16.7 Å². The number of benzene rings is 3. The molecule has 122 valence electrons. The van der Waals surface area contributed by atoms with Gasteiger partial charge in [0.05, 0.1) is 7.11 Å². The van der Waals surface area contributed by atoms with Gasteiger partial charge in [-0.3, -0.25) is 0 Å². The Bertz CT molecular complexity index is 856. The standard InChI is InChI=1S/C21H20FNO/c1-14-4-3-5-16(12-14)20-19(24-2)11-8-17(21(20)23)13-15-6-9-18(22)10-7-15/h3-12H,13,23H2,1-2H3. The molecule has 3 heteroatoms. The normalized spacial score (nSPS) is 10.6. The summed E-state index contributed by atoms with van der Waals surface area (Å²) >= 11 is 0. The highest BCUT2D eigenvalue weighted by Crippen LogP contribution is 2.38. The molecule has 0 radical (unpaired) electrons. The van der Waals surface area contributed by atoms with E-state index in [9.17, 15) is 4.39 Å². The van der Waals surface area contributed by atoms with Gasteiger partial charge in [-0.2, -0.15) is 0 Å². The number of ether oxygens (including phenoxy) is 1. The largest absolute Gasteiger partial charge is 0.496 e. The lowest BCUT2D eigenvalue weighted by atomic mass is 9.95. The minimum atomic E-state index is -0.234. The number of aryl methyl sites for hydroxylation is 1. The summed E-state index contributed by atoms with van der Waals surface area (Å²) in [5.74, 6) is 0.517. The molecule has 0 aliphatic carbocycles. The number of nitrogens with two attached hydrogens (primary N) is 1. The van der Waals surface area contributed by atoms with Crippen molar-refractivity contribution in [3.63, 3.8) is 0 Å². The molecule has 2 nitrogen and oxygen atoms in total. The smallest absolute Gasteiger partial charge is 0.128 e. The highest BCUT2D eigenvalue weighted by molar-refractivity contribution is 5.84. The van der Waals surface area contributed by atoms with Crippen molar-refractivity contribution in [2.45, 2.75) is 13.3 Å². The molecule has 0 amide bonds. The van der Waals surface area contributed by atoms with Gasteiger partial charge in [0.15, 0.2) is 0 Å². The van der Waals surface area contributed by atoms with Crippen molar-refractivity contribution in [3.8, 4) is 16.9 Å². The fraction of sp³-hybridized carbons (Fsp3) is 0.143. The number of rotatable bonds is 4. The topological polar surface area (TPSA) is 35.2 Å². The number of anilines is 1. The molecule has 0 aliphatic heterocycles. The molecule has 2 N–H and O–H groups in total. The first kappa shape index (κ1) is 16.1. The number of nitrogen functional groups attached to an aromatic ring is 1. The Labute approximate surface area is 141 Å². The lowest BCUT2D eigenvalue weighted by Crippen LogP contribution is -2.01. The van der Waals surface area contributed by atoms with Crippen LogP contribution in [0, 0.1) is 12.7 Å². The van der Waals surface area contributed by atoms with Crippen LogP contribution in [0.3, 0.4) is 0 Å². The Kier molecular flexibility index (Phi) is 4.52. The molecule has 0 aromatic heterocycles. The Morgan fingerprint density at radius 3 is 2.42 bits per heavy atom. The van der Waals surface area contributed by atoms with Gasteiger partial charge in [-0.1, -0.05) is 48.0 Å². The minimum absolute atomic E-state index is 0.234. The summed E-state index contributed by atoms with van der Waals surface area (Å²) in [4.78, 5) is 0. The van der Waals surface area contributed by atoms with E-state index in [4.69, 9.17) is 10.5 Å². The molecule has 24 heavy (non-hydrogen) atoms. The van der Waals surface area contributed by atoms with Crippen molar-refractivity contribution in [1.29, 1.82) is 0 Å². The molecule has 0 unspecified atom stereocenters. The molecular formula is C21H20FNO. The molecule has 3 aromatic carbocycles. The number of halogens is 1. The molecule has 3 aromatic rings. The Hall–Kier alpha value is -2.81. The summed E-state index contributed by atoms with van der Waals surface area (Å²) < 4.78 is 18.6. The third-order valence-electron chi connectivity index (χ3n) is 4.13. The zero-order chi connectivity index (χ0) is 17.1. The summed E-state index contributed by atoms with van der Waals surface area (Å²) in [6, 6.07) is 18.6. The first-order valence-corrected chi connectivity index (χ1v) is 7.85. The molecule has 0 aliphatic rings. The third-order valence-corrected chi connectivity index (χ3v) is 4.13. The highest BCUT2D eigenvalue weighted by atomic mass is 19.1. The minimum Gasteiger partial charge on any atom is -0.496 e. The molecule has 0 atom stereocenters. The lowest BCUT2D eigenvalue weighted by molar-refractivity contribution is 0.416. The lowest BCUT2D eigenvalue weighted by Gasteiger charge is -2.16. The predicted molar refractivity (Wildman–Crippen MR) is 96.8 cm³/mol. The van der Waals surface area contributed by atoms with E-state index in [1.807, 2.05) is 24.3 Å². The molecule has 0 saturated carbocycles. The van der Waals surface area contributed by atoms with Gasteiger partial charge < -0.3 is 10.5 Å². The van der Waals surface area contributed by atoms with Gasteiger partial charge in [0.25, 0.3) is 0 Å². The number of methoxy groups -OCH3 is 1. The van der Waals surface area contributed by atoms with Crippen LogP contribution in [0.25, 0.3) is 11.1 Å². The molecule has 0 heterocycles. The van der Waals surface area contributed by atoms with E-state index in [-0.39, 0.29) is 5.82 Å². The van der Waals surface area contributed by atoms with E-state index in [0.717, 1.165) is 33.6 Å². The summed E-state index contributed by atoms with van der Waals surface area (Å²) in [5, 5.41) is 0. The first-order valence-electron chi connectivity index (χ1n) is 7.85. The van der Waals surface area contributed by atoms with E-state index in [1.54, 1.807) is 19.2 Å². The Morgan fingerprint density at radius 1 is 1.00 bits per heavy atom. The second-order valence-electron chi connectivity index (χ2n) is 5.89. The predicted octanol–water partition coefficient (Wildman–Crippen LogP) is 4.98. The van der Waals surface area contributed by atoms with Gasteiger partial charge in [0, 0.05) is 11.3 Å². The molecule has 0 saturated heterocycles. The Balaban J connectivity index is 2.06. The average Bonchev–Trinajstić information content (AvgIpc) is 2.58. The third kappa shape index (κ3) is 3.25. The van der Waals surface area contributed by atoms with E-state index < -0.39 is 0 Å². The quantitative estimate of drug-likeness (QED) is 0.688. The van der Waals surface area contributed by atoms with Crippen molar-refractivity contribution >= 4 is 5.69 Å². The van der Waals surface area contributed by atoms with E-state index in [2.05, 4.69) is 19.1 Å². The van der Waals surface area contributed by atoms with E-state index in [1.165, 1.54) is 12.1 Å². The van der Waals surface area contributed by atoms with Crippen LogP contribution in [-0.4, -0.2) is 7.11 Å². The molecule has 3 rings (SSSR count). The van der Waals surface area contributed by atoms with Crippen LogP contribution in [0.4, 0.5) is 10.1 Å². The zero-order valence-corrected chi connectivity index (χ0v) is 13.8. The van der Waals surface area contributed by atoms with Crippen molar-refractivity contribution in [2.24, 2.45) is 0 Å². The maximum absolute atomic E-state index is 13.1. The maximum Gasteiger partial charge on any atom is 0.128 e. The summed E-state index contributed by atoms with van der Waals surface area (Å²) in [7, 11) is 1.65. The zero-order valence-electron chi connectivity index (χ0n) is 13.8. The molecule has 0 fully saturated rings. The maximum atomic E-state index is 13.1. The van der Waals surface area contributed by atoms with Crippen LogP contribution >= 0.6 is 0 Å². The number of hydrogen-bond donors (Lipinski definition) is 1. The van der Waals surface area contributed by atoms with Crippen molar-refractivity contribution < 1.29 is 9.13 Å². The van der Waals surface area contributed by atoms with E-state index >= 15 is 0 Å². The van der Waals surface area contributed by atoms with Gasteiger partial charge in [-0.05, 0) is 48.2 Å². The van der Waals surface area contributed by atoms with Crippen LogP contribution in [0.15, 0.2) is 60.7 Å². The monoisotopic (exact) mass is 321 g/mol. The molecule has 0 bridgehead atoms. The van der Waals surface area contributed by atoms with Gasteiger partial charge in [-0.25, -0.2) is 4.39 Å². The van der Waals surface area contributed by atoms with Crippen LogP contribution in [0.5, 0.6) is 5.75 Å². The van der Waals surface area contributed by atoms with Gasteiger partial charge in [-0.15, -0.1) is 0 Å². The molecular weight excluding hydrogens is 301 g/mol. The van der Waals surface area contributed by atoms with Crippen LogP contribution in [-0.2, 0) is 6.42 Å². The van der Waals surface area contributed by atoms with Crippen molar-refractivity contribution in [3.05, 3.63) is 83.2 Å². The SMILES string of the molecule is COc1ccc(Cc2ccc(F)cc2)c(N)c1-c1cccc(C)c1. The van der Waals surface area contributed by atoms with Crippen LogP contribution in [0.2, 0.25) is 0 Å². The Morgan fingerprint density at radius 2 is 1.75 bits per heavy atom. The number of hydrogen-bond acceptors (Lipinski definition) is 2. The first-order chi connectivity index (χ1) is 11.6. The van der Waals surface area contributed by atoms with Crippen molar-refractivity contribution in [1.82, 2.24) is 0 Å². The summed E-state index contributed by atoms with van der Waals surface area (Å²) in [6.07, 6.45) is 0.648. The van der Waals surface area contributed by atoms with Gasteiger partial charge in [0.1, 0.15) is 11.6 Å². The fourth-order valence-corrected chi connectivity index (χ4v) is 2.89. The summed E-state index contributed by atoms with van der Waals surface area (Å²) in [6.45, 7) is 2.05.